The number of hydrogen-bond donors (Lipinski definition) is 5. The third-order valence-electron chi connectivity index (χ3n) is 6.15. The van der Waals surface area contributed by atoms with Gasteiger partial charge in [0.25, 0.3) is 0 Å². The van der Waals surface area contributed by atoms with Gasteiger partial charge >= 0.3 is 11.9 Å². The Hall–Kier alpha value is -4.28. The summed E-state index contributed by atoms with van der Waals surface area (Å²) in [4.78, 5) is 24.5. The number of benzene rings is 2. The third-order valence-corrected chi connectivity index (χ3v) is 6.15. The largest absolute Gasteiger partial charge is 0.494 e. The molecule has 0 aromatic heterocycles. The lowest BCUT2D eigenvalue weighted by molar-refractivity contribution is -0.133. The van der Waals surface area contributed by atoms with Crippen molar-refractivity contribution < 1.29 is 39.1 Å². The monoisotopic (exact) mass is 552 g/mol. The summed E-state index contributed by atoms with van der Waals surface area (Å²) in [6.45, 7) is 6.55. The fourth-order valence-electron chi connectivity index (χ4n) is 4.40. The van der Waals surface area contributed by atoms with Gasteiger partial charge in [-0.25, -0.2) is 9.59 Å². The van der Waals surface area contributed by atoms with Gasteiger partial charge in [0.15, 0.2) is 0 Å². The van der Waals surface area contributed by atoms with Crippen molar-refractivity contribution in [2.75, 3.05) is 32.9 Å². The Kier molecular flexibility index (Phi) is 11.2. The lowest BCUT2D eigenvalue weighted by Gasteiger charge is -2.30. The molecule has 1 aliphatic heterocycles. The van der Waals surface area contributed by atoms with Crippen LogP contribution >= 0.6 is 0 Å². The van der Waals surface area contributed by atoms with E-state index in [2.05, 4.69) is 10.6 Å². The molecule has 0 amide bonds. The SMILES string of the molecule is CCOc1ccc(OCC=CCNCC(O)COc2ccccc2)c(C2C(C(=O)O)=C(C)NC(C)=C2C(=O)O)c1. The quantitative estimate of drug-likeness (QED) is 0.164. The number of para-hydroxylation sites is 1. The molecular formula is C30H36N2O8. The first-order valence-electron chi connectivity index (χ1n) is 13.0. The summed E-state index contributed by atoms with van der Waals surface area (Å²) >= 11 is 0. The number of hydrogen-bond acceptors (Lipinski definition) is 8. The predicted octanol–water partition coefficient (Wildman–Crippen LogP) is 3.45. The van der Waals surface area contributed by atoms with Crippen LogP contribution in [0, 0.1) is 0 Å². The van der Waals surface area contributed by atoms with Gasteiger partial charge in [0.05, 0.1) is 23.7 Å². The minimum atomic E-state index is -1.23. The Balaban J connectivity index is 1.67. The zero-order valence-corrected chi connectivity index (χ0v) is 22.8. The van der Waals surface area contributed by atoms with Crippen LogP contribution in [-0.4, -0.2) is 66.3 Å². The Labute approximate surface area is 233 Å². The zero-order chi connectivity index (χ0) is 29.1. The van der Waals surface area contributed by atoms with Crippen LogP contribution in [0.1, 0.15) is 32.3 Å². The van der Waals surface area contributed by atoms with Gasteiger partial charge in [0.1, 0.15) is 36.6 Å². The number of carbonyl (C=O) groups is 2. The Morgan fingerprint density at radius 1 is 0.950 bits per heavy atom. The van der Waals surface area contributed by atoms with Gasteiger partial charge in [-0.2, -0.15) is 0 Å². The van der Waals surface area contributed by atoms with Gasteiger partial charge in [0.2, 0.25) is 0 Å². The Morgan fingerprint density at radius 2 is 1.62 bits per heavy atom. The second-order valence-corrected chi connectivity index (χ2v) is 9.10. The molecule has 1 aliphatic rings. The first-order chi connectivity index (χ1) is 19.2. The van der Waals surface area contributed by atoms with E-state index in [4.69, 9.17) is 14.2 Å². The minimum absolute atomic E-state index is 0.0731. The summed E-state index contributed by atoms with van der Waals surface area (Å²) in [5, 5.41) is 36.1. The van der Waals surface area contributed by atoms with Crippen molar-refractivity contribution in [1.29, 1.82) is 0 Å². The maximum atomic E-state index is 12.2. The maximum Gasteiger partial charge on any atom is 0.334 e. The van der Waals surface area contributed by atoms with Crippen molar-refractivity contribution in [3.63, 3.8) is 0 Å². The molecule has 0 fully saturated rings. The minimum Gasteiger partial charge on any atom is -0.494 e. The summed E-state index contributed by atoms with van der Waals surface area (Å²) in [7, 11) is 0. The summed E-state index contributed by atoms with van der Waals surface area (Å²) in [6, 6.07) is 14.2. The molecule has 2 aromatic carbocycles. The molecule has 214 valence electrons. The normalized spacial score (nSPS) is 14.7. The number of carboxylic acid groups (broad SMARTS) is 2. The highest BCUT2D eigenvalue weighted by Crippen LogP contribution is 2.43. The zero-order valence-electron chi connectivity index (χ0n) is 22.8. The van der Waals surface area contributed by atoms with Crippen LogP contribution in [0.3, 0.4) is 0 Å². The molecule has 10 nitrogen and oxygen atoms in total. The first kappa shape index (κ1) is 30.3. The number of aliphatic hydroxyl groups excluding tert-OH is 1. The van der Waals surface area contributed by atoms with E-state index in [0.717, 1.165) is 0 Å². The van der Waals surface area contributed by atoms with E-state index in [0.29, 0.717) is 53.9 Å². The summed E-state index contributed by atoms with van der Waals surface area (Å²) in [6.07, 6.45) is 2.94. The molecule has 3 rings (SSSR count). The van der Waals surface area contributed by atoms with Gasteiger partial charge < -0.3 is 40.2 Å². The van der Waals surface area contributed by atoms with Gasteiger partial charge in [-0.15, -0.1) is 0 Å². The molecule has 0 radical (unpaired) electrons. The number of rotatable bonds is 15. The van der Waals surface area contributed by atoms with Crippen molar-refractivity contribution in [3.8, 4) is 17.2 Å². The summed E-state index contributed by atoms with van der Waals surface area (Å²) in [5.41, 5.74) is 0.950. The molecule has 2 aromatic rings. The Bertz CT molecular complexity index is 1230. The lowest BCUT2D eigenvalue weighted by Crippen LogP contribution is -2.31. The molecule has 0 saturated carbocycles. The molecule has 10 heteroatoms. The second-order valence-electron chi connectivity index (χ2n) is 9.10. The third kappa shape index (κ3) is 8.11. The van der Waals surface area contributed by atoms with E-state index in [9.17, 15) is 24.9 Å². The summed E-state index contributed by atoms with van der Waals surface area (Å²) in [5.74, 6) is -2.01. The molecule has 0 spiro atoms. The van der Waals surface area contributed by atoms with Crippen molar-refractivity contribution in [2.24, 2.45) is 0 Å². The lowest BCUT2D eigenvalue weighted by atomic mass is 9.80. The van der Waals surface area contributed by atoms with E-state index in [1.807, 2.05) is 43.3 Å². The van der Waals surface area contributed by atoms with Crippen LogP contribution in [0.2, 0.25) is 0 Å². The van der Waals surface area contributed by atoms with Gasteiger partial charge in [-0.05, 0) is 51.1 Å². The van der Waals surface area contributed by atoms with Crippen LogP contribution < -0.4 is 24.8 Å². The van der Waals surface area contributed by atoms with Crippen molar-refractivity contribution in [2.45, 2.75) is 32.8 Å². The number of ether oxygens (including phenoxy) is 3. The van der Waals surface area contributed by atoms with Crippen LogP contribution in [0.15, 0.2) is 83.2 Å². The van der Waals surface area contributed by atoms with Crippen LogP contribution in [0.5, 0.6) is 17.2 Å². The number of nitrogens with one attached hydrogen (secondary N) is 2. The van der Waals surface area contributed by atoms with E-state index in [1.165, 1.54) is 0 Å². The van der Waals surface area contributed by atoms with E-state index in [-0.39, 0.29) is 24.4 Å². The predicted molar refractivity (Wildman–Crippen MR) is 150 cm³/mol. The summed E-state index contributed by atoms with van der Waals surface area (Å²) < 4.78 is 17.1. The van der Waals surface area contributed by atoms with Crippen molar-refractivity contribution >= 4 is 11.9 Å². The molecule has 5 N–H and O–H groups in total. The standard InChI is InChI=1S/C30H36N2O8/c1-4-38-23-12-13-25(24(16-23)28-26(29(34)35)19(2)32-20(3)27(28)30(36)37)39-15-9-8-14-31-17-21(33)18-40-22-10-6-5-7-11-22/h5-13,16,21,28,31-33H,4,14-15,17-18H2,1-3H3,(H,34,35)(H,36,37). The van der Waals surface area contributed by atoms with Crippen LogP contribution in [0.25, 0.3) is 0 Å². The van der Waals surface area contributed by atoms with E-state index < -0.39 is 24.0 Å². The first-order valence-corrected chi connectivity index (χ1v) is 13.0. The van der Waals surface area contributed by atoms with E-state index >= 15 is 0 Å². The Morgan fingerprint density at radius 3 is 2.25 bits per heavy atom. The number of allylic oxidation sites excluding steroid dienone is 2. The molecule has 1 heterocycles. The van der Waals surface area contributed by atoms with Crippen molar-refractivity contribution in [3.05, 3.63) is 88.8 Å². The molecule has 1 atom stereocenters. The topological polar surface area (TPSA) is 147 Å². The number of aliphatic hydroxyl groups is 1. The highest BCUT2D eigenvalue weighted by Gasteiger charge is 2.38. The molecule has 0 bridgehead atoms. The smallest absolute Gasteiger partial charge is 0.334 e. The molecule has 40 heavy (non-hydrogen) atoms. The number of dihydropyridines is 1. The van der Waals surface area contributed by atoms with Crippen LogP contribution in [-0.2, 0) is 9.59 Å². The number of carboxylic acids is 2. The van der Waals surface area contributed by atoms with E-state index in [1.54, 1.807) is 38.1 Å². The number of aliphatic carboxylic acids is 2. The van der Waals surface area contributed by atoms with Crippen LogP contribution in [0.4, 0.5) is 0 Å². The molecular weight excluding hydrogens is 516 g/mol. The van der Waals surface area contributed by atoms with Gasteiger partial charge in [-0.3, -0.25) is 0 Å². The second kappa shape index (κ2) is 14.8. The fraction of sp³-hybridized carbons (Fsp3) is 0.333. The molecule has 0 aliphatic carbocycles. The van der Waals surface area contributed by atoms with Gasteiger partial charge in [-0.1, -0.05) is 30.4 Å². The van der Waals surface area contributed by atoms with Gasteiger partial charge in [0, 0.05) is 30.0 Å². The fourth-order valence-corrected chi connectivity index (χ4v) is 4.40. The highest BCUT2D eigenvalue weighted by atomic mass is 16.5. The van der Waals surface area contributed by atoms with Crippen molar-refractivity contribution in [1.82, 2.24) is 10.6 Å². The average Bonchev–Trinajstić information content (AvgIpc) is 2.91. The molecule has 1 unspecified atom stereocenters. The highest BCUT2D eigenvalue weighted by molar-refractivity contribution is 5.98. The molecule has 0 saturated heterocycles. The average molecular weight is 553 g/mol. The maximum absolute atomic E-state index is 12.2.